The van der Waals surface area contributed by atoms with Gasteiger partial charge < -0.3 is 10.2 Å². The average Bonchev–Trinajstić information content (AvgIpc) is 2.85. The number of furan rings is 1. The highest BCUT2D eigenvalue weighted by atomic mass is 32.2. The predicted octanol–water partition coefficient (Wildman–Crippen LogP) is 2.07. The standard InChI is InChI=1S/C13H15N3O2S/c1-8-6-10(14)2-3-11(8)19-7-9-4-5-18-12(9)13(17)16-15/h2-6H,7,14-15H2,1H3,(H,16,17). The molecule has 1 aromatic heterocycles. The third kappa shape index (κ3) is 3.10. The third-order valence-electron chi connectivity index (χ3n) is 2.67. The van der Waals surface area contributed by atoms with Crippen molar-refractivity contribution in [2.75, 3.05) is 5.73 Å². The van der Waals surface area contributed by atoms with Crippen LogP contribution in [0.25, 0.3) is 0 Å². The molecule has 1 amide bonds. The summed E-state index contributed by atoms with van der Waals surface area (Å²) in [5, 5.41) is 0. The highest BCUT2D eigenvalue weighted by Crippen LogP contribution is 2.28. The van der Waals surface area contributed by atoms with Crippen LogP contribution < -0.4 is 17.0 Å². The van der Waals surface area contributed by atoms with Crippen molar-refractivity contribution >= 4 is 23.4 Å². The van der Waals surface area contributed by atoms with Gasteiger partial charge in [0.15, 0.2) is 5.76 Å². The second-order valence-electron chi connectivity index (χ2n) is 4.06. The first kappa shape index (κ1) is 13.5. The lowest BCUT2D eigenvalue weighted by Gasteiger charge is -2.06. The van der Waals surface area contributed by atoms with Crippen molar-refractivity contribution in [2.24, 2.45) is 5.84 Å². The monoisotopic (exact) mass is 277 g/mol. The van der Waals surface area contributed by atoms with E-state index in [1.54, 1.807) is 17.8 Å². The van der Waals surface area contributed by atoms with Gasteiger partial charge in [-0.1, -0.05) is 0 Å². The fourth-order valence-corrected chi connectivity index (χ4v) is 2.69. The maximum atomic E-state index is 11.5. The van der Waals surface area contributed by atoms with Crippen LogP contribution in [0.15, 0.2) is 39.8 Å². The smallest absolute Gasteiger partial charge is 0.301 e. The molecule has 0 fully saturated rings. The molecule has 0 bridgehead atoms. The van der Waals surface area contributed by atoms with E-state index in [0.29, 0.717) is 5.75 Å². The number of thioether (sulfide) groups is 1. The molecule has 0 atom stereocenters. The number of hydrazine groups is 1. The Kier molecular flexibility index (Phi) is 4.13. The minimum Gasteiger partial charge on any atom is -0.459 e. The zero-order valence-electron chi connectivity index (χ0n) is 10.5. The summed E-state index contributed by atoms with van der Waals surface area (Å²) in [7, 11) is 0. The lowest BCUT2D eigenvalue weighted by atomic mass is 10.2. The largest absolute Gasteiger partial charge is 0.459 e. The molecule has 0 spiro atoms. The summed E-state index contributed by atoms with van der Waals surface area (Å²) in [6.45, 7) is 2.00. The third-order valence-corrected chi connectivity index (χ3v) is 3.89. The number of hydrogen-bond acceptors (Lipinski definition) is 5. The second kappa shape index (κ2) is 5.81. The van der Waals surface area contributed by atoms with E-state index >= 15 is 0 Å². The van der Waals surface area contributed by atoms with Crippen LogP contribution in [-0.2, 0) is 5.75 Å². The number of amides is 1. The molecule has 19 heavy (non-hydrogen) atoms. The molecular formula is C13H15N3O2S. The summed E-state index contributed by atoms with van der Waals surface area (Å²) in [5.74, 6) is 5.56. The Morgan fingerprint density at radius 2 is 2.21 bits per heavy atom. The minimum atomic E-state index is -0.422. The van der Waals surface area contributed by atoms with Crippen molar-refractivity contribution in [2.45, 2.75) is 17.6 Å². The van der Waals surface area contributed by atoms with Gasteiger partial charge in [-0.15, -0.1) is 11.8 Å². The summed E-state index contributed by atoms with van der Waals surface area (Å²) in [5.41, 5.74) is 10.4. The van der Waals surface area contributed by atoms with Gasteiger partial charge in [-0.2, -0.15) is 0 Å². The van der Waals surface area contributed by atoms with Gasteiger partial charge in [-0.05, 0) is 36.8 Å². The molecule has 0 radical (unpaired) electrons. The number of nitrogen functional groups attached to an aromatic ring is 2. The molecule has 5 nitrogen and oxygen atoms in total. The Labute approximate surface area is 115 Å². The SMILES string of the molecule is Cc1cc(N)ccc1SCc1ccoc1C(=O)NN. The Hall–Kier alpha value is -1.92. The van der Waals surface area contributed by atoms with Crippen molar-refractivity contribution in [1.82, 2.24) is 5.43 Å². The number of carbonyl (C=O) groups is 1. The molecule has 1 heterocycles. The number of nitrogens with one attached hydrogen (secondary N) is 1. The topological polar surface area (TPSA) is 94.3 Å². The van der Waals surface area contributed by atoms with Crippen LogP contribution in [0.2, 0.25) is 0 Å². The van der Waals surface area contributed by atoms with Gasteiger partial charge in [0.25, 0.3) is 0 Å². The van der Waals surface area contributed by atoms with Gasteiger partial charge in [-0.25, -0.2) is 5.84 Å². The van der Waals surface area contributed by atoms with Crippen LogP contribution in [0.1, 0.15) is 21.7 Å². The molecule has 0 aliphatic rings. The maximum Gasteiger partial charge on any atom is 0.301 e. The van der Waals surface area contributed by atoms with Gasteiger partial charge in [0.1, 0.15) is 0 Å². The maximum absolute atomic E-state index is 11.5. The van der Waals surface area contributed by atoms with E-state index in [1.807, 2.05) is 25.1 Å². The molecule has 2 rings (SSSR count). The summed E-state index contributed by atoms with van der Waals surface area (Å²) in [6.07, 6.45) is 1.48. The van der Waals surface area contributed by atoms with Crippen LogP contribution in [0.4, 0.5) is 5.69 Å². The summed E-state index contributed by atoms with van der Waals surface area (Å²) >= 11 is 1.62. The first-order valence-electron chi connectivity index (χ1n) is 5.68. The highest BCUT2D eigenvalue weighted by molar-refractivity contribution is 7.98. The number of anilines is 1. The first-order chi connectivity index (χ1) is 9.11. The van der Waals surface area contributed by atoms with Crippen LogP contribution in [0.5, 0.6) is 0 Å². The Bertz CT molecular complexity index is 595. The van der Waals surface area contributed by atoms with Gasteiger partial charge in [0, 0.05) is 21.9 Å². The van der Waals surface area contributed by atoms with E-state index in [9.17, 15) is 4.79 Å². The average molecular weight is 277 g/mol. The first-order valence-corrected chi connectivity index (χ1v) is 6.66. The zero-order valence-corrected chi connectivity index (χ0v) is 11.3. The molecule has 0 aliphatic heterocycles. The molecule has 0 saturated heterocycles. The van der Waals surface area contributed by atoms with E-state index in [-0.39, 0.29) is 5.76 Å². The van der Waals surface area contributed by atoms with Gasteiger partial charge in [-0.3, -0.25) is 10.2 Å². The van der Waals surface area contributed by atoms with Crippen LogP contribution >= 0.6 is 11.8 Å². The molecule has 0 saturated carbocycles. The quantitative estimate of drug-likeness (QED) is 0.261. The van der Waals surface area contributed by atoms with Gasteiger partial charge >= 0.3 is 5.91 Å². The number of hydrogen-bond donors (Lipinski definition) is 3. The number of rotatable bonds is 4. The van der Waals surface area contributed by atoms with Crippen molar-refractivity contribution in [3.8, 4) is 0 Å². The second-order valence-corrected chi connectivity index (χ2v) is 5.08. The van der Waals surface area contributed by atoms with Crippen molar-refractivity contribution in [3.05, 3.63) is 47.4 Å². The van der Waals surface area contributed by atoms with E-state index in [0.717, 1.165) is 21.7 Å². The molecule has 2 aromatic rings. The van der Waals surface area contributed by atoms with Crippen molar-refractivity contribution < 1.29 is 9.21 Å². The Morgan fingerprint density at radius 3 is 2.89 bits per heavy atom. The van der Waals surface area contributed by atoms with Gasteiger partial charge in [0.05, 0.1) is 6.26 Å². The van der Waals surface area contributed by atoms with Crippen molar-refractivity contribution in [1.29, 1.82) is 0 Å². The number of benzene rings is 1. The summed E-state index contributed by atoms with van der Waals surface area (Å²) < 4.78 is 5.13. The molecular weight excluding hydrogens is 262 g/mol. The van der Waals surface area contributed by atoms with E-state index < -0.39 is 5.91 Å². The van der Waals surface area contributed by atoms with Crippen LogP contribution in [0.3, 0.4) is 0 Å². The van der Waals surface area contributed by atoms with E-state index in [4.69, 9.17) is 16.0 Å². The Morgan fingerprint density at radius 1 is 1.42 bits per heavy atom. The summed E-state index contributed by atoms with van der Waals surface area (Å²) in [6, 6.07) is 7.52. The molecule has 1 aromatic carbocycles. The highest BCUT2D eigenvalue weighted by Gasteiger charge is 2.14. The predicted molar refractivity (Wildman–Crippen MR) is 75.5 cm³/mol. The molecule has 5 N–H and O–H groups in total. The van der Waals surface area contributed by atoms with Crippen LogP contribution in [0, 0.1) is 6.92 Å². The van der Waals surface area contributed by atoms with E-state index in [1.165, 1.54) is 6.26 Å². The normalized spacial score (nSPS) is 10.4. The number of aryl methyl sites for hydroxylation is 1. The number of carbonyl (C=O) groups excluding carboxylic acids is 1. The molecule has 0 unspecified atom stereocenters. The lowest BCUT2D eigenvalue weighted by molar-refractivity contribution is 0.0925. The minimum absolute atomic E-state index is 0.253. The summed E-state index contributed by atoms with van der Waals surface area (Å²) in [4.78, 5) is 12.6. The van der Waals surface area contributed by atoms with E-state index in [2.05, 4.69) is 5.43 Å². The molecule has 6 heteroatoms. The molecule has 100 valence electrons. The zero-order chi connectivity index (χ0) is 13.8. The lowest BCUT2D eigenvalue weighted by Crippen LogP contribution is -2.30. The van der Waals surface area contributed by atoms with Gasteiger partial charge in [0.2, 0.25) is 0 Å². The number of nitrogens with two attached hydrogens (primary N) is 2. The molecule has 0 aliphatic carbocycles. The fraction of sp³-hybridized carbons (Fsp3) is 0.154. The van der Waals surface area contributed by atoms with Crippen LogP contribution in [-0.4, -0.2) is 5.91 Å². The Balaban J connectivity index is 2.10. The van der Waals surface area contributed by atoms with Crippen molar-refractivity contribution in [3.63, 3.8) is 0 Å². The fourth-order valence-electron chi connectivity index (χ4n) is 1.70.